The second-order valence-corrected chi connectivity index (χ2v) is 5.88. The van der Waals surface area contributed by atoms with Crippen LogP contribution in [0.5, 0.6) is 0 Å². The molecule has 1 amide bonds. The first-order valence-electron chi connectivity index (χ1n) is 8.17. The number of hydrogen-bond donors (Lipinski definition) is 3. The lowest BCUT2D eigenvalue weighted by Gasteiger charge is -2.29. The number of pyridine rings is 1. The minimum Gasteiger partial charge on any atom is -0.394 e. The smallest absolute Gasteiger partial charge is 0.252 e. The van der Waals surface area contributed by atoms with Crippen LogP contribution >= 0.6 is 0 Å². The Labute approximate surface area is 149 Å². The Morgan fingerprint density at radius 1 is 1.08 bits per heavy atom. The fourth-order valence-corrected chi connectivity index (χ4v) is 2.43. The standard InChI is InChI=1S/C17H20N6O3/c1-2-17(11-24,12-25)21-16(26)13-9-14(22-7-3-5-18-22)20-15(10-13)23-8-4-6-19-23/h3-10,24-25H,2,11-12H2,1H3,(H,21,26). The van der Waals surface area contributed by atoms with E-state index in [1.54, 1.807) is 56.0 Å². The number of nitrogens with one attached hydrogen (secondary N) is 1. The number of hydrogen-bond acceptors (Lipinski definition) is 6. The Kier molecular flexibility index (Phi) is 5.10. The van der Waals surface area contributed by atoms with Crippen LogP contribution in [0.3, 0.4) is 0 Å². The molecule has 0 spiro atoms. The minimum atomic E-state index is -1.09. The van der Waals surface area contributed by atoms with Gasteiger partial charge in [-0.2, -0.15) is 10.2 Å². The summed E-state index contributed by atoms with van der Waals surface area (Å²) in [7, 11) is 0. The molecule has 3 aromatic rings. The molecule has 0 saturated heterocycles. The van der Waals surface area contributed by atoms with E-state index in [1.807, 2.05) is 0 Å². The van der Waals surface area contributed by atoms with Crippen molar-refractivity contribution in [3.63, 3.8) is 0 Å². The predicted molar refractivity (Wildman–Crippen MR) is 93.1 cm³/mol. The van der Waals surface area contributed by atoms with Crippen LogP contribution in [0.1, 0.15) is 23.7 Å². The number of aliphatic hydroxyl groups is 2. The third-order valence-corrected chi connectivity index (χ3v) is 4.20. The average Bonchev–Trinajstić information content (AvgIpc) is 3.40. The Morgan fingerprint density at radius 2 is 1.62 bits per heavy atom. The number of rotatable bonds is 7. The van der Waals surface area contributed by atoms with Crippen molar-refractivity contribution < 1.29 is 15.0 Å². The molecule has 0 aliphatic heterocycles. The number of aromatic nitrogens is 5. The van der Waals surface area contributed by atoms with Gasteiger partial charge in [0.05, 0.1) is 18.8 Å². The molecule has 0 aliphatic carbocycles. The zero-order valence-electron chi connectivity index (χ0n) is 14.3. The number of amides is 1. The average molecular weight is 356 g/mol. The van der Waals surface area contributed by atoms with E-state index in [0.29, 0.717) is 23.6 Å². The lowest BCUT2D eigenvalue weighted by atomic mass is 9.98. The van der Waals surface area contributed by atoms with Crippen LogP contribution in [0.2, 0.25) is 0 Å². The molecule has 3 N–H and O–H groups in total. The first kappa shape index (κ1) is 17.8. The second kappa shape index (κ2) is 7.46. The molecule has 136 valence electrons. The minimum absolute atomic E-state index is 0.315. The zero-order valence-corrected chi connectivity index (χ0v) is 14.3. The van der Waals surface area contributed by atoms with Gasteiger partial charge in [0, 0.05) is 30.4 Å². The van der Waals surface area contributed by atoms with Crippen LogP contribution in [0.15, 0.2) is 49.1 Å². The number of aliphatic hydroxyl groups excluding tert-OH is 2. The molecule has 9 nitrogen and oxygen atoms in total. The SMILES string of the molecule is CCC(CO)(CO)NC(=O)c1cc(-n2cccn2)nc(-n2cccn2)c1. The Bertz CT molecular complexity index is 796. The topological polar surface area (TPSA) is 118 Å². The van der Waals surface area contributed by atoms with E-state index < -0.39 is 11.4 Å². The van der Waals surface area contributed by atoms with Crippen LogP contribution in [0, 0.1) is 0 Å². The van der Waals surface area contributed by atoms with E-state index in [1.165, 1.54) is 9.36 Å². The molecule has 0 radical (unpaired) electrons. The van der Waals surface area contributed by atoms with Crippen LogP contribution in [0.25, 0.3) is 11.6 Å². The largest absolute Gasteiger partial charge is 0.394 e. The van der Waals surface area contributed by atoms with E-state index in [2.05, 4.69) is 20.5 Å². The maximum absolute atomic E-state index is 12.8. The molecule has 26 heavy (non-hydrogen) atoms. The normalized spacial score (nSPS) is 11.5. The lowest BCUT2D eigenvalue weighted by molar-refractivity contribution is 0.0653. The molecule has 0 saturated carbocycles. The fraction of sp³-hybridized carbons (Fsp3) is 0.294. The summed E-state index contributed by atoms with van der Waals surface area (Å²) in [5.74, 6) is 0.464. The number of nitrogens with zero attached hydrogens (tertiary/aromatic N) is 5. The summed E-state index contributed by atoms with van der Waals surface area (Å²) < 4.78 is 3.07. The highest BCUT2D eigenvalue weighted by Crippen LogP contribution is 2.15. The van der Waals surface area contributed by atoms with Gasteiger partial charge in [-0.05, 0) is 30.7 Å². The van der Waals surface area contributed by atoms with Crippen molar-refractivity contribution in [2.45, 2.75) is 18.9 Å². The molecular weight excluding hydrogens is 336 g/mol. The molecule has 3 aromatic heterocycles. The van der Waals surface area contributed by atoms with E-state index in [-0.39, 0.29) is 13.2 Å². The molecular formula is C17H20N6O3. The summed E-state index contributed by atoms with van der Waals surface area (Å²) in [5.41, 5.74) is -0.770. The van der Waals surface area contributed by atoms with Crippen LogP contribution in [0.4, 0.5) is 0 Å². The van der Waals surface area contributed by atoms with E-state index in [4.69, 9.17) is 0 Å². The highest BCUT2D eigenvalue weighted by molar-refractivity contribution is 5.95. The third-order valence-electron chi connectivity index (χ3n) is 4.20. The second-order valence-electron chi connectivity index (χ2n) is 5.88. The Morgan fingerprint density at radius 3 is 2.00 bits per heavy atom. The quantitative estimate of drug-likeness (QED) is 0.561. The molecule has 3 heterocycles. The van der Waals surface area contributed by atoms with Crippen molar-refractivity contribution in [1.29, 1.82) is 0 Å². The molecule has 0 fully saturated rings. The summed E-state index contributed by atoms with van der Waals surface area (Å²) in [5, 5.41) is 30.1. The summed E-state index contributed by atoms with van der Waals surface area (Å²) in [6.45, 7) is 1.05. The van der Waals surface area contributed by atoms with Gasteiger partial charge in [-0.15, -0.1) is 0 Å². The van der Waals surface area contributed by atoms with E-state index in [9.17, 15) is 15.0 Å². The molecule has 9 heteroatoms. The van der Waals surface area contributed by atoms with Crippen molar-refractivity contribution in [2.24, 2.45) is 0 Å². The number of carbonyl (C=O) groups excluding carboxylic acids is 1. The van der Waals surface area contributed by atoms with Crippen LogP contribution in [-0.2, 0) is 0 Å². The summed E-state index contributed by atoms with van der Waals surface area (Å²) in [6, 6.07) is 6.68. The molecule has 0 aromatic carbocycles. The van der Waals surface area contributed by atoms with Crippen molar-refractivity contribution in [2.75, 3.05) is 13.2 Å². The molecule has 3 rings (SSSR count). The van der Waals surface area contributed by atoms with Crippen LogP contribution < -0.4 is 5.32 Å². The van der Waals surface area contributed by atoms with Gasteiger partial charge in [-0.1, -0.05) is 6.92 Å². The van der Waals surface area contributed by atoms with Gasteiger partial charge in [-0.3, -0.25) is 4.79 Å². The van der Waals surface area contributed by atoms with E-state index in [0.717, 1.165) is 0 Å². The third kappa shape index (κ3) is 3.48. The van der Waals surface area contributed by atoms with Gasteiger partial charge in [0.15, 0.2) is 11.6 Å². The van der Waals surface area contributed by atoms with Crippen molar-refractivity contribution in [1.82, 2.24) is 29.9 Å². The maximum Gasteiger partial charge on any atom is 0.252 e. The van der Waals surface area contributed by atoms with Crippen LogP contribution in [-0.4, -0.2) is 59.4 Å². The monoisotopic (exact) mass is 356 g/mol. The first-order chi connectivity index (χ1) is 12.6. The van der Waals surface area contributed by atoms with Crippen molar-refractivity contribution in [3.8, 4) is 11.6 Å². The Hall–Kier alpha value is -3.04. The van der Waals surface area contributed by atoms with Gasteiger partial charge in [0.1, 0.15) is 0 Å². The summed E-state index contributed by atoms with van der Waals surface area (Å²) >= 11 is 0. The van der Waals surface area contributed by atoms with Gasteiger partial charge in [0.2, 0.25) is 0 Å². The van der Waals surface area contributed by atoms with Gasteiger partial charge < -0.3 is 15.5 Å². The highest BCUT2D eigenvalue weighted by Gasteiger charge is 2.29. The first-order valence-corrected chi connectivity index (χ1v) is 8.17. The van der Waals surface area contributed by atoms with E-state index >= 15 is 0 Å². The van der Waals surface area contributed by atoms with Gasteiger partial charge >= 0.3 is 0 Å². The molecule has 0 atom stereocenters. The molecule has 0 unspecified atom stereocenters. The van der Waals surface area contributed by atoms with Gasteiger partial charge in [-0.25, -0.2) is 14.3 Å². The summed E-state index contributed by atoms with van der Waals surface area (Å²) in [4.78, 5) is 17.2. The fourth-order valence-electron chi connectivity index (χ4n) is 2.43. The zero-order chi connectivity index (χ0) is 18.6. The van der Waals surface area contributed by atoms with Crippen molar-refractivity contribution >= 4 is 5.91 Å². The summed E-state index contributed by atoms with van der Waals surface area (Å²) in [6.07, 6.45) is 7.04. The molecule has 0 bridgehead atoms. The lowest BCUT2D eigenvalue weighted by Crippen LogP contribution is -2.53. The maximum atomic E-state index is 12.8. The van der Waals surface area contributed by atoms with Gasteiger partial charge in [0.25, 0.3) is 5.91 Å². The Balaban J connectivity index is 2.02. The number of carbonyl (C=O) groups is 1. The van der Waals surface area contributed by atoms with Crippen molar-refractivity contribution in [3.05, 3.63) is 54.6 Å². The molecule has 0 aliphatic rings. The highest BCUT2D eigenvalue weighted by atomic mass is 16.3. The predicted octanol–water partition coefficient (Wildman–Crippen LogP) is 0.316.